The van der Waals surface area contributed by atoms with Gasteiger partial charge in [-0.15, -0.1) is 0 Å². The topological polar surface area (TPSA) is 57.8 Å². The van der Waals surface area contributed by atoms with E-state index >= 15 is 0 Å². The van der Waals surface area contributed by atoms with Crippen LogP contribution in [0.15, 0.2) is 61.1 Å². The van der Waals surface area contributed by atoms with E-state index in [2.05, 4.69) is 15.3 Å². The third kappa shape index (κ3) is 2.95. The lowest BCUT2D eigenvalue weighted by molar-refractivity contribution is 0.102. The van der Waals surface area contributed by atoms with Crippen molar-refractivity contribution in [2.24, 2.45) is 0 Å². The number of amides is 1. The van der Waals surface area contributed by atoms with Crippen molar-refractivity contribution in [3.63, 3.8) is 0 Å². The van der Waals surface area contributed by atoms with Gasteiger partial charge in [-0.05, 0) is 29.8 Å². The Bertz CT molecular complexity index is 751. The minimum absolute atomic E-state index is 0.227. The highest BCUT2D eigenvalue weighted by Gasteiger charge is 2.09. The minimum atomic E-state index is -0.227. The average Bonchev–Trinajstić information content (AvgIpc) is 3.02. The van der Waals surface area contributed by atoms with Crippen LogP contribution in [-0.2, 0) is 0 Å². The number of hydrogen-bond acceptors (Lipinski definition) is 2. The first-order chi connectivity index (χ1) is 10.2. The molecular weight excluding hydrogens is 286 g/mol. The van der Waals surface area contributed by atoms with Gasteiger partial charge in [0.25, 0.3) is 5.91 Å². The summed E-state index contributed by atoms with van der Waals surface area (Å²) >= 11 is 6.01. The number of hydrogen-bond donors (Lipinski definition) is 2. The molecule has 0 atom stereocenters. The SMILES string of the molecule is O=C(Nc1ccc(-c2cnc[nH]2)cc1)c1ccccc1Cl. The molecule has 0 aliphatic rings. The number of aromatic nitrogens is 2. The molecule has 2 aromatic carbocycles. The van der Waals surface area contributed by atoms with E-state index in [1.807, 2.05) is 24.3 Å². The summed E-state index contributed by atoms with van der Waals surface area (Å²) < 4.78 is 0. The lowest BCUT2D eigenvalue weighted by atomic mass is 10.1. The van der Waals surface area contributed by atoms with E-state index in [-0.39, 0.29) is 5.91 Å². The van der Waals surface area contributed by atoms with Gasteiger partial charge < -0.3 is 10.3 Å². The molecule has 0 spiro atoms. The molecule has 0 unspecified atom stereocenters. The Kier molecular flexibility index (Phi) is 3.71. The van der Waals surface area contributed by atoms with E-state index in [9.17, 15) is 4.79 Å². The number of H-pyrrole nitrogens is 1. The molecule has 0 aliphatic carbocycles. The number of aromatic amines is 1. The van der Waals surface area contributed by atoms with Crippen LogP contribution in [0.2, 0.25) is 5.02 Å². The fraction of sp³-hybridized carbons (Fsp3) is 0. The van der Waals surface area contributed by atoms with Crippen molar-refractivity contribution in [2.75, 3.05) is 5.32 Å². The predicted molar refractivity (Wildman–Crippen MR) is 83.4 cm³/mol. The van der Waals surface area contributed by atoms with Crippen molar-refractivity contribution in [3.8, 4) is 11.3 Å². The molecule has 3 rings (SSSR count). The number of anilines is 1. The summed E-state index contributed by atoms with van der Waals surface area (Å²) in [4.78, 5) is 19.1. The van der Waals surface area contributed by atoms with Crippen molar-refractivity contribution in [3.05, 3.63) is 71.6 Å². The number of nitrogens with one attached hydrogen (secondary N) is 2. The zero-order chi connectivity index (χ0) is 14.7. The van der Waals surface area contributed by atoms with Gasteiger partial charge in [-0.25, -0.2) is 4.98 Å². The molecule has 2 N–H and O–H groups in total. The van der Waals surface area contributed by atoms with Crippen molar-refractivity contribution in [2.45, 2.75) is 0 Å². The quantitative estimate of drug-likeness (QED) is 0.768. The highest BCUT2D eigenvalue weighted by atomic mass is 35.5. The lowest BCUT2D eigenvalue weighted by Crippen LogP contribution is -2.12. The van der Waals surface area contributed by atoms with Gasteiger partial charge in [0.2, 0.25) is 0 Å². The van der Waals surface area contributed by atoms with Crippen LogP contribution in [0.5, 0.6) is 0 Å². The van der Waals surface area contributed by atoms with Crippen LogP contribution in [0.1, 0.15) is 10.4 Å². The van der Waals surface area contributed by atoms with Gasteiger partial charge in [0.1, 0.15) is 0 Å². The summed E-state index contributed by atoms with van der Waals surface area (Å²) in [7, 11) is 0. The summed E-state index contributed by atoms with van der Waals surface area (Å²) in [6.45, 7) is 0. The number of carbonyl (C=O) groups is 1. The molecule has 3 aromatic rings. The van der Waals surface area contributed by atoms with Crippen molar-refractivity contribution in [1.29, 1.82) is 0 Å². The highest BCUT2D eigenvalue weighted by Crippen LogP contribution is 2.20. The summed E-state index contributed by atoms with van der Waals surface area (Å²) in [6.07, 6.45) is 3.37. The first kappa shape index (κ1) is 13.4. The molecule has 0 radical (unpaired) electrons. The number of imidazole rings is 1. The zero-order valence-corrected chi connectivity index (χ0v) is 11.8. The zero-order valence-electron chi connectivity index (χ0n) is 11.0. The maximum Gasteiger partial charge on any atom is 0.257 e. The second kappa shape index (κ2) is 5.81. The van der Waals surface area contributed by atoms with E-state index in [1.165, 1.54) is 0 Å². The van der Waals surface area contributed by atoms with Crippen LogP contribution >= 0.6 is 11.6 Å². The number of carbonyl (C=O) groups excluding carboxylic acids is 1. The van der Waals surface area contributed by atoms with Crippen molar-refractivity contribution < 1.29 is 4.79 Å². The molecule has 1 heterocycles. The largest absolute Gasteiger partial charge is 0.345 e. The molecule has 1 amide bonds. The molecule has 0 aliphatic heterocycles. The van der Waals surface area contributed by atoms with Crippen LogP contribution < -0.4 is 5.32 Å². The Hall–Kier alpha value is -2.59. The average molecular weight is 298 g/mol. The van der Waals surface area contributed by atoms with Gasteiger partial charge in [0, 0.05) is 5.69 Å². The van der Waals surface area contributed by atoms with Crippen LogP contribution in [0, 0.1) is 0 Å². The fourth-order valence-electron chi connectivity index (χ4n) is 1.99. The van der Waals surface area contributed by atoms with Crippen LogP contribution in [0.4, 0.5) is 5.69 Å². The number of halogens is 1. The molecule has 1 aromatic heterocycles. The van der Waals surface area contributed by atoms with Gasteiger partial charge in [0.15, 0.2) is 0 Å². The minimum Gasteiger partial charge on any atom is -0.345 e. The Labute approximate surface area is 126 Å². The molecule has 104 valence electrons. The summed E-state index contributed by atoms with van der Waals surface area (Å²) in [6, 6.07) is 14.5. The van der Waals surface area contributed by atoms with Crippen LogP contribution in [0.25, 0.3) is 11.3 Å². The van der Waals surface area contributed by atoms with Crippen molar-refractivity contribution >= 4 is 23.2 Å². The monoisotopic (exact) mass is 297 g/mol. The number of rotatable bonds is 3. The Balaban J connectivity index is 1.77. The van der Waals surface area contributed by atoms with Crippen molar-refractivity contribution in [1.82, 2.24) is 9.97 Å². The molecule has 0 fully saturated rings. The molecule has 0 saturated carbocycles. The summed E-state index contributed by atoms with van der Waals surface area (Å²) in [5.74, 6) is -0.227. The standard InChI is InChI=1S/C16H12ClN3O/c17-14-4-2-1-3-13(14)16(21)20-12-7-5-11(6-8-12)15-9-18-10-19-15/h1-10H,(H,18,19)(H,20,21). The molecule has 0 bridgehead atoms. The Morgan fingerprint density at radius 2 is 1.86 bits per heavy atom. The second-order valence-electron chi connectivity index (χ2n) is 4.48. The van der Waals surface area contributed by atoms with Gasteiger partial charge >= 0.3 is 0 Å². The third-order valence-corrected chi connectivity index (χ3v) is 3.40. The normalized spacial score (nSPS) is 10.3. The van der Waals surface area contributed by atoms with Gasteiger partial charge in [0.05, 0.1) is 28.8 Å². The Morgan fingerprint density at radius 3 is 2.52 bits per heavy atom. The van der Waals surface area contributed by atoms with E-state index in [0.717, 1.165) is 11.3 Å². The highest BCUT2D eigenvalue weighted by molar-refractivity contribution is 6.34. The van der Waals surface area contributed by atoms with E-state index in [0.29, 0.717) is 16.3 Å². The Morgan fingerprint density at radius 1 is 1.10 bits per heavy atom. The van der Waals surface area contributed by atoms with Crippen LogP contribution in [-0.4, -0.2) is 15.9 Å². The van der Waals surface area contributed by atoms with Gasteiger partial charge in [-0.2, -0.15) is 0 Å². The number of benzene rings is 2. The molecule has 21 heavy (non-hydrogen) atoms. The molecular formula is C16H12ClN3O. The van der Waals surface area contributed by atoms with Gasteiger partial charge in [-0.3, -0.25) is 4.79 Å². The summed E-state index contributed by atoms with van der Waals surface area (Å²) in [5.41, 5.74) is 3.10. The number of nitrogens with zero attached hydrogens (tertiary/aromatic N) is 1. The van der Waals surface area contributed by atoms with E-state index < -0.39 is 0 Å². The molecule has 0 saturated heterocycles. The fourth-order valence-corrected chi connectivity index (χ4v) is 2.21. The lowest BCUT2D eigenvalue weighted by Gasteiger charge is -2.07. The second-order valence-corrected chi connectivity index (χ2v) is 4.88. The van der Waals surface area contributed by atoms with Crippen LogP contribution in [0.3, 0.4) is 0 Å². The first-order valence-electron chi connectivity index (χ1n) is 6.39. The van der Waals surface area contributed by atoms with Gasteiger partial charge in [-0.1, -0.05) is 35.9 Å². The molecule has 5 heteroatoms. The molecule has 4 nitrogen and oxygen atoms in total. The van der Waals surface area contributed by atoms with E-state index in [4.69, 9.17) is 11.6 Å². The summed E-state index contributed by atoms with van der Waals surface area (Å²) in [5, 5.41) is 3.26. The first-order valence-corrected chi connectivity index (χ1v) is 6.76. The van der Waals surface area contributed by atoms with E-state index in [1.54, 1.807) is 36.8 Å². The third-order valence-electron chi connectivity index (χ3n) is 3.07. The maximum atomic E-state index is 12.1. The predicted octanol–water partition coefficient (Wildman–Crippen LogP) is 3.98. The maximum absolute atomic E-state index is 12.1. The smallest absolute Gasteiger partial charge is 0.257 e.